The molecule has 0 aromatic heterocycles. The average molecular weight is 612 g/mol. The van der Waals surface area contributed by atoms with Gasteiger partial charge in [0.25, 0.3) is 0 Å². The summed E-state index contributed by atoms with van der Waals surface area (Å²) in [5, 5.41) is 29.0. The zero-order chi connectivity index (χ0) is 31.8. The molecule has 5 unspecified atom stereocenters. The van der Waals surface area contributed by atoms with E-state index in [0.29, 0.717) is 24.9 Å². The number of phenolic OH excluding ortho intramolecular Hbond substituents is 1. The van der Waals surface area contributed by atoms with Crippen molar-refractivity contribution in [2.75, 3.05) is 12.3 Å². The fraction of sp³-hybridized carbons (Fsp3) is 0.538. The number of carboxylic acids is 1. The van der Waals surface area contributed by atoms with E-state index < -0.39 is 65.7 Å². The summed E-state index contributed by atoms with van der Waals surface area (Å²) in [5.74, 6) is -5.30. The first kappa shape index (κ1) is 36.1. The van der Waals surface area contributed by atoms with Gasteiger partial charge in [0, 0.05) is 18.6 Å². The van der Waals surface area contributed by atoms with Gasteiger partial charge in [-0.05, 0) is 56.8 Å². The third kappa shape index (κ3) is 13.2. The van der Waals surface area contributed by atoms with E-state index >= 15 is 0 Å². The summed E-state index contributed by atoms with van der Waals surface area (Å²) in [4.78, 5) is 74.5. The van der Waals surface area contributed by atoms with Crippen LogP contribution < -0.4 is 38.5 Å². The number of hydrogen-bond donors (Lipinski definition) is 10. The Morgan fingerprint density at radius 2 is 1.33 bits per heavy atom. The number of rotatable bonds is 19. The van der Waals surface area contributed by atoms with E-state index in [9.17, 15) is 39.0 Å². The van der Waals surface area contributed by atoms with Crippen molar-refractivity contribution in [3.05, 3.63) is 29.8 Å². The molecule has 1 aromatic rings. The molecule has 0 saturated carbocycles. The molecule has 0 aliphatic heterocycles. The van der Waals surface area contributed by atoms with Crippen LogP contribution in [-0.2, 0) is 35.2 Å². The number of hydrogen-bond acceptors (Lipinski definition) is 10. The fourth-order valence-electron chi connectivity index (χ4n) is 3.70. The number of carbonyl (C=O) groups excluding carboxylic acids is 5. The van der Waals surface area contributed by atoms with E-state index in [1.54, 1.807) is 0 Å². The molecule has 234 valence electrons. The Morgan fingerprint density at radius 3 is 1.86 bits per heavy atom. The molecule has 0 radical (unpaired) electrons. The molecular weight excluding hydrogens is 570 g/mol. The number of thiol groups is 1. The largest absolute Gasteiger partial charge is 0.508 e. The van der Waals surface area contributed by atoms with Crippen molar-refractivity contribution < 1.29 is 39.0 Å². The van der Waals surface area contributed by atoms with Gasteiger partial charge in [0.05, 0.1) is 6.04 Å². The lowest BCUT2D eigenvalue weighted by Crippen LogP contribution is -2.59. The molecule has 1 aromatic carbocycles. The maximum atomic E-state index is 13.2. The molecule has 0 aliphatic rings. The Morgan fingerprint density at radius 1 is 0.810 bits per heavy atom. The standard InChI is InChI=1S/C26H41N7O8S/c1-14(28)22(36)30-17(9-10-21(29)35)23(37)33-20(13-42)25(39)32-19(12-15-5-7-16(34)8-6-15)24(38)31-18(26(40)41)4-2-3-11-27/h5-8,14,17-20,34,42H,2-4,9-13,27-28H2,1H3,(H2,29,35)(H,30,36)(H,31,38)(H,32,39)(H,33,37)(H,40,41). The lowest BCUT2D eigenvalue weighted by atomic mass is 10.0. The molecule has 42 heavy (non-hydrogen) atoms. The van der Waals surface area contributed by atoms with Gasteiger partial charge in [0.1, 0.15) is 29.9 Å². The van der Waals surface area contributed by atoms with E-state index in [0.717, 1.165) is 0 Å². The Kier molecular flexibility index (Phi) is 15.9. The van der Waals surface area contributed by atoms with Crippen LogP contribution in [0.5, 0.6) is 5.75 Å². The molecule has 0 aliphatic carbocycles. The molecule has 15 nitrogen and oxygen atoms in total. The third-order valence-electron chi connectivity index (χ3n) is 6.11. The SMILES string of the molecule is CC(N)C(=O)NC(CCC(N)=O)C(=O)NC(CS)C(=O)NC(Cc1ccc(O)cc1)C(=O)NC(CCCCN)C(=O)O. The minimum absolute atomic E-state index is 0.0190. The molecule has 5 amide bonds. The first-order chi connectivity index (χ1) is 19.8. The number of nitrogens with two attached hydrogens (primary N) is 3. The van der Waals surface area contributed by atoms with Gasteiger partial charge in [0.2, 0.25) is 29.5 Å². The third-order valence-corrected chi connectivity index (χ3v) is 6.48. The summed E-state index contributed by atoms with van der Waals surface area (Å²) < 4.78 is 0. The molecule has 0 spiro atoms. The highest BCUT2D eigenvalue weighted by Crippen LogP contribution is 2.12. The van der Waals surface area contributed by atoms with Crippen molar-refractivity contribution >= 4 is 48.1 Å². The quantitative estimate of drug-likeness (QED) is 0.0586. The molecule has 1 rings (SSSR count). The lowest BCUT2D eigenvalue weighted by molar-refractivity contribution is -0.142. The van der Waals surface area contributed by atoms with Gasteiger partial charge in [-0.25, -0.2) is 4.79 Å². The first-order valence-electron chi connectivity index (χ1n) is 13.4. The zero-order valence-corrected chi connectivity index (χ0v) is 24.3. The molecule has 0 saturated heterocycles. The lowest BCUT2D eigenvalue weighted by Gasteiger charge is -2.25. The number of carboxylic acid groups (broad SMARTS) is 1. The number of benzene rings is 1. The molecular formula is C26H41N7O8S. The predicted octanol–water partition coefficient (Wildman–Crippen LogP) is -2.37. The van der Waals surface area contributed by atoms with E-state index in [-0.39, 0.29) is 37.2 Å². The van der Waals surface area contributed by atoms with Gasteiger partial charge < -0.3 is 48.7 Å². The van der Waals surface area contributed by atoms with Crippen LogP contribution in [0.15, 0.2) is 24.3 Å². The second-order valence-corrected chi connectivity index (χ2v) is 10.1. The minimum Gasteiger partial charge on any atom is -0.508 e. The van der Waals surface area contributed by atoms with Crippen molar-refractivity contribution in [2.45, 2.75) is 75.7 Å². The molecule has 0 fully saturated rings. The molecule has 16 heteroatoms. The number of aromatic hydroxyl groups is 1. The van der Waals surface area contributed by atoms with Crippen LogP contribution in [0.4, 0.5) is 0 Å². The van der Waals surface area contributed by atoms with Gasteiger partial charge in [-0.3, -0.25) is 24.0 Å². The van der Waals surface area contributed by atoms with Gasteiger partial charge in [-0.2, -0.15) is 12.6 Å². The monoisotopic (exact) mass is 611 g/mol. The number of unbranched alkanes of at least 4 members (excludes halogenated alkanes) is 1. The topological polar surface area (TPSA) is 269 Å². The number of carbonyl (C=O) groups is 6. The number of aliphatic carboxylic acids is 1. The minimum atomic E-state index is -1.29. The van der Waals surface area contributed by atoms with Crippen LogP contribution in [0.2, 0.25) is 0 Å². The van der Waals surface area contributed by atoms with Gasteiger partial charge in [-0.1, -0.05) is 12.1 Å². The van der Waals surface area contributed by atoms with E-state index in [1.807, 2.05) is 0 Å². The Balaban J connectivity index is 3.13. The predicted molar refractivity (Wildman–Crippen MR) is 156 cm³/mol. The van der Waals surface area contributed by atoms with Crippen molar-refractivity contribution in [3.8, 4) is 5.75 Å². The van der Waals surface area contributed by atoms with Crippen LogP contribution in [0, 0.1) is 0 Å². The highest BCUT2D eigenvalue weighted by molar-refractivity contribution is 7.80. The zero-order valence-electron chi connectivity index (χ0n) is 23.4. The Labute approximate surface area is 249 Å². The van der Waals surface area contributed by atoms with Gasteiger partial charge in [0.15, 0.2) is 0 Å². The summed E-state index contributed by atoms with van der Waals surface area (Å²) >= 11 is 4.13. The summed E-state index contributed by atoms with van der Waals surface area (Å²) in [6.45, 7) is 1.75. The van der Waals surface area contributed by atoms with E-state index in [1.165, 1.54) is 31.2 Å². The number of phenols is 1. The second kappa shape index (κ2) is 18.5. The fourth-order valence-corrected chi connectivity index (χ4v) is 3.95. The van der Waals surface area contributed by atoms with Crippen LogP contribution in [0.25, 0.3) is 0 Å². The van der Waals surface area contributed by atoms with Crippen LogP contribution in [0.3, 0.4) is 0 Å². The highest BCUT2D eigenvalue weighted by atomic mass is 32.1. The van der Waals surface area contributed by atoms with E-state index in [4.69, 9.17) is 17.2 Å². The normalized spacial score (nSPS) is 14.4. The van der Waals surface area contributed by atoms with Crippen molar-refractivity contribution in [1.82, 2.24) is 21.3 Å². The number of nitrogens with one attached hydrogen (secondary N) is 4. The molecule has 12 N–H and O–H groups in total. The molecule has 5 atom stereocenters. The number of primary amides is 1. The van der Waals surface area contributed by atoms with Crippen LogP contribution in [-0.4, -0.2) is 88.2 Å². The van der Waals surface area contributed by atoms with E-state index in [2.05, 4.69) is 33.9 Å². The van der Waals surface area contributed by atoms with Crippen molar-refractivity contribution in [2.24, 2.45) is 17.2 Å². The second-order valence-electron chi connectivity index (χ2n) is 9.71. The summed E-state index contributed by atoms with van der Waals surface area (Å²) in [6.07, 6.45) is 0.654. The number of amides is 5. The Bertz CT molecular complexity index is 1090. The van der Waals surface area contributed by atoms with Gasteiger partial charge in [-0.15, -0.1) is 0 Å². The van der Waals surface area contributed by atoms with Crippen molar-refractivity contribution in [1.29, 1.82) is 0 Å². The highest BCUT2D eigenvalue weighted by Gasteiger charge is 2.31. The molecule has 0 bridgehead atoms. The summed E-state index contributed by atoms with van der Waals surface area (Å²) in [7, 11) is 0. The van der Waals surface area contributed by atoms with Crippen molar-refractivity contribution in [3.63, 3.8) is 0 Å². The first-order valence-corrected chi connectivity index (χ1v) is 14.0. The smallest absolute Gasteiger partial charge is 0.326 e. The summed E-state index contributed by atoms with van der Waals surface area (Å²) in [5.41, 5.74) is 16.7. The molecule has 0 heterocycles. The van der Waals surface area contributed by atoms with Crippen LogP contribution >= 0.6 is 12.6 Å². The average Bonchev–Trinajstić information content (AvgIpc) is 2.93. The van der Waals surface area contributed by atoms with Crippen LogP contribution in [0.1, 0.15) is 44.6 Å². The van der Waals surface area contributed by atoms with Gasteiger partial charge >= 0.3 is 5.97 Å². The maximum absolute atomic E-state index is 13.2. The maximum Gasteiger partial charge on any atom is 0.326 e. The summed E-state index contributed by atoms with van der Waals surface area (Å²) in [6, 6.07) is -0.172. The Hall–Kier alpha value is -3.89.